The zero-order chi connectivity index (χ0) is 21.4. The Balaban J connectivity index is 2.10. The molecule has 0 saturated heterocycles. The number of aryl methyl sites for hydroxylation is 1. The number of non-ortho nitro benzene ring substituents is 1. The van der Waals surface area contributed by atoms with Crippen molar-refractivity contribution >= 4 is 27.6 Å². The molecule has 0 radical (unpaired) electrons. The van der Waals surface area contributed by atoms with Gasteiger partial charge in [0.15, 0.2) is 5.65 Å². The molecule has 0 unspecified atom stereocenters. The number of fused-ring (bicyclic) bond motifs is 2. The third-order valence-electron chi connectivity index (χ3n) is 5.06. The number of aromatic nitrogens is 3. The molecular weight excluding hydrogens is 388 g/mol. The van der Waals surface area contributed by atoms with Gasteiger partial charge in [-0.3, -0.25) is 24.3 Å². The van der Waals surface area contributed by atoms with Crippen molar-refractivity contribution in [2.45, 2.75) is 6.54 Å². The summed E-state index contributed by atoms with van der Waals surface area (Å²) >= 11 is 0. The van der Waals surface area contributed by atoms with Crippen LogP contribution < -0.4 is 11.0 Å². The molecule has 0 amide bonds. The van der Waals surface area contributed by atoms with Gasteiger partial charge in [0.25, 0.3) is 11.2 Å². The van der Waals surface area contributed by atoms with Crippen LogP contribution in [0.1, 0.15) is 0 Å². The van der Waals surface area contributed by atoms with E-state index in [2.05, 4.69) is 4.98 Å². The molecule has 0 N–H and O–H groups in total. The predicted molar refractivity (Wildman–Crippen MR) is 113 cm³/mol. The number of rotatable bonds is 5. The summed E-state index contributed by atoms with van der Waals surface area (Å²) in [6.07, 6.45) is 0. The number of pyridine rings is 1. The van der Waals surface area contributed by atoms with Crippen LogP contribution in [0.4, 0.5) is 5.69 Å². The Hall–Kier alpha value is -3.85. The topological polar surface area (TPSA) is 109 Å². The second-order valence-electron chi connectivity index (χ2n) is 6.79. The van der Waals surface area contributed by atoms with Gasteiger partial charge in [-0.2, -0.15) is 0 Å². The molecule has 0 spiro atoms. The fourth-order valence-corrected chi connectivity index (χ4v) is 3.53. The van der Waals surface area contributed by atoms with E-state index in [9.17, 15) is 19.7 Å². The highest BCUT2D eigenvalue weighted by Gasteiger charge is 2.19. The van der Waals surface area contributed by atoms with Crippen molar-refractivity contribution in [1.29, 1.82) is 0 Å². The van der Waals surface area contributed by atoms with Gasteiger partial charge >= 0.3 is 0 Å². The van der Waals surface area contributed by atoms with Crippen molar-refractivity contribution in [2.24, 2.45) is 7.05 Å². The molecule has 0 aliphatic carbocycles. The summed E-state index contributed by atoms with van der Waals surface area (Å²) in [5.74, 6) is 0.310. The van der Waals surface area contributed by atoms with Crippen LogP contribution in [0.3, 0.4) is 0 Å². The fraction of sp³-hybridized carbons (Fsp3) is 0.190. The number of ether oxygens (including phenoxy) is 1. The molecule has 4 aromatic rings. The first-order valence-corrected chi connectivity index (χ1v) is 9.20. The molecular formula is C21H18N4O5. The van der Waals surface area contributed by atoms with Gasteiger partial charge in [0.05, 0.1) is 23.6 Å². The van der Waals surface area contributed by atoms with Gasteiger partial charge in [0.2, 0.25) is 5.43 Å². The van der Waals surface area contributed by atoms with Gasteiger partial charge in [-0.1, -0.05) is 12.1 Å². The zero-order valence-corrected chi connectivity index (χ0v) is 16.4. The molecule has 9 heteroatoms. The van der Waals surface area contributed by atoms with E-state index in [1.54, 1.807) is 29.8 Å². The molecule has 30 heavy (non-hydrogen) atoms. The van der Waals surface area contributed by atoms with Crippen LogP contribution in [0, 0.1) is 10.1 Å². The summed E-state index contributed by atoms with van der Waals surface area (Å²) in [4.78, 5) is 41.6. The molecule has 152 valence electrons. The molecule has 0 bridgehead atoms. The van der Waals surface area contributed by atoms with Crippen LogP contribution in [0.25, 0.3) is 33.3 Å². The SMILES string of the molecule is COCCn1c(-c2ccc([N+](=O)[O-])cc2)nc2c(c(=O)c3ccccc3n2C)c1=O. The average Bonchev–Trinajstić information content (AvgIpc) is 2.76. The first-order chi connectivity index (χ1) is 14.4. The quantitative estimate of drug-likeness (QED) is 0.286. The third kappa shape index (κ3) is 3.05. The lowest BCUT2D eigenvalue weighted by molar-refractivity contribution is -0.384. The van der Waals surface area contributed by atoms with Gasteiger partial charge in [-0.15, -0.1) is 0 Å². The van der Waals surface area contributed by atoms with Crippen molar-refractivity contribution < 1.29 is 9.66 Å². The van der Waals surface area contributed by atoms with Crippen LogP contribution in [0.15, 0.2) is 58.1 Å². The van der Waals surface area contributed by atoms with Crippen LogP contribution in [0.2, 0.25) is 0 Å². The Morgan fingerprint density at radius 2 is 1.80 bits per heavy atom. The number of nitro groups is 1. The maximum Gasteiger partial charge on any atom is 0.269 e. The van der Waals surface area contributed by atoms with E-state index < -0.39 is 10.5 Å². The largest absolute Gasteiger partial charge is 0.383 e. The average molecular weight is 406 g/mol. The summed E-state index contributed by atoms with van der Waals surface area (Å²) in [6.45, 7) is 0.418. The van der Waals surface area contributed by atoms with Crippen LogP contribution in [0.5, 0.6) is 0 Å². The highest BCUT2D eigenvalue weighted by atomic mass is 16.6. The Bertz CT molecular complexity index is 1400. The molecule has 0 aliphatic rings. The molecule has 0 aliphatic heterocycles. The normalized spacial score (nSPS) is 11.3. The molecule has 0 saturated carbocycles. The lowest BCUT2D eigenvalue weighted by Crippen LogP contribution is -2.30. The van der Waals surface area contributed by atoms with Crippen molar-refractivity contribution in [3.8, 4) is 11.4 Å². The summed E-state index contributed by atoms with van der Waals surface area (Å²) < 4.78 is 8.21. The Kier molecular flexibility index (Phi) is 4.88. The monoisotopic (exact) mass is 406 g/mol. The second-order valence-corrected chi connectivity index (χ2v) is 6.79. The van der Waals surface area contributed by atoms with E-state index in [4.69, 9.17) is 4.74 Å². The number of hydrogen-bond acceptors (Lipinski definition) is 6. The number of nitro benzene ring substituents is 1. The zero-order valence-electron chi connectivity index (χ0n) is 16.4. The van der Waals surface area contributed by atoms with E-state index in [0.29, 0.717) is 22.3 Å². The standard InChI is InChI=1S/C21H18N4O5/c1-23-16-6-4-3-5-15(16)18(26)17-20(23)22-19(24(21(17)27)11-12-30-2)13-7-9-14(10-8-13)25(28)29/h3-10H,11-12H2,1-2H3. The summed E-state index contributed by atoms with van der Waals surface area (Å²) in [5, 5.41) is 11.4. The summed E-state index contributed by atoms with van der Waals surface area (Å²) in [6, 6.07) is 12.8. The fourth-order valence-electron chi connectivity index (χ4n) is 3.53. The minimum atomic E-state index is -0.495. The first-order valence-electron chi connectivity index (χ1n) is 9.20. The maximum absolute atomic E-state index is 13.4. The number of hydrogen-bond donors (Lipinski definition) is 0. The highest BCUT2D eigenvalue weighted by molar-refractivity contribution is 5.91. The molecule has 0 fully saturated rings. The highest BCUT2D eigenvalue weighted by Crippen LogP contribution is 2.22. The van der Waals surface area contributed by atoms with Gasteiger partial charge in [-0.05, 0) is 24.3 Å². The molecule has 2 aromatic carbocycles. The third-order valence-corrected chi connectivity index (χ3v) is 5.06. The van der Waals surface area contributed by atoms with Crippen LogP contribution in [-0.2, 0) is 18.3 Å². The molecule has 0 atom stereocenters. The van der Waals surface area contributed by atoms with Gasteiger partial charge in [-0.25, -0.2) is 4.98 Å². The lowest BCUT2D eigenvalue weighted by Gasteiger charge is -2.16. The van der Waals surface area contributed by atoms with Crippen molar-refractivity contribution in [3.63, 3.8) is 0 Å². The van der Waals surface area contributed by atoms with Crippen LogP contribution >= 0.6 is 0 Å². The Morgan fingerprint density at radius 1 is 1.10 bits per heavy atom. The van der Waals surface area contributed by atoms with Gasteiger partial charge in [0, 0.05) is 37.2 Å². The number of nitrogens with zero attached hydrogens (tertiary/aromatic N) is 4. The maximum atomic E-state index is 13.4. The first kappa shape index (κ1) is 19.5. The number of methoxy groups -OCH3 is 1. The Labute approximate surface area is 169 Å². The lowest BCUT2D eigenvalue weighted by atomic mass is 10.1. The van der Waals surface area contributed by atoms with E-state index in [1.165, 1.54) is 35.9 Å². The van der Waals surface area contributed by atoms with E-state index in [-0.39, 0.29) is 35.3 Å². The van der Waals surface area contributed by atoms with Crippen molar-refractivity contribution in [1.82, 2.24) is 14.1 Å². The smallest absolute Gasteiger partial charge is 0.269 e. The van der Waals surface area contributed by atoms with Crippen LogP contribution in [-0.4, -0.2) is 32.8 Å². The van der Waals surface area contributed by atoms with E-state index in [0.717, 1.165) is 0 Å². The molecule has 4 rings (SSSR count). The number of benzene rings is 2. The Morgan fingerprint density at radius 3 is 2.47 bits per heavy atom. The van der Waals surface area contributed by atoms with E-state index >= 15 is 0 Å². The molecule has 2 aromatic heterocycles. The van der Waals surface area contributed by atoms with E-state index in [1.807, 2.05) is 6.07 Å². The van der Waals surface area contributed by atoms with Gasteiger partial charge < -0.3 is 9.30 Å². The van der Waals surface area contributed by atoms with Crippen molar-refractivity contribution in [2.75, 3.05) is 13.7 Å². The van der Waals surface area contributed by atoms with Gasteiger partial charge in [0.1, 0.15) is 11.2 Å². The minimum absolute atomic E-state index is 0.00188. The minimum Gasteiger partial charge on any atom is -0.383 e. The molecule has 9 nitrogen and oxygen atoms in total. The summed E-state index contributed by atoms with van der Waals surface area (Å²) in [7, 11) is 3.26. The van der Waals surface area contributed by atoms with Crippen molar-refractivity contribution in [3.05, 3.63) is 79.2 Å². The second kappa shape index (κ2) is 7.53. The predicted octanol–water partition coefficient (Wildman–Crippen LogP) is 2.47. The summed E-state index contributed by atoms with van der Waals surface area (Å²) in [5.41, 5.74) is 0.520. The molecule has 2 heterocycles. The number of para-hydroxylation sites is 1.